The van der Waals surface area contributed by atoms with Crippen LogP contribution in [0.15, 0.2) is 23.3 Å². The number of piperidine rings is 1. The molecule has 1 aromatic rings. The van der Waals surface area contributed by atoms with Gasteiger partial charge in [0, 0.05) is 30.1 Å². The van der Waals surface area contributed by atoms with Crippen LogP contribution in [0.3, 0.4) is 0 Å². The first-order valence-corrected chi connectivity index (χ1v) is 17.3. The van der Waals surface area contributed by atoms with Gasteiger partial charge in [0.05, 0.1) is 130 Å². The van der Waals surface area contributed by atoms with Crippen molar-refractivity contribution in [1.29, 1.82) is 0 Å². The topological polar surface area (TPSA) is 227 Å². The van der Waals surface area contributed by atoms with Crippen molar-refractivity contribution in [1.82, 2.24) is 10.2 Å². The third-order valence-electron chi connectivity index (χ3n) is 7.40. The highest BCUT2D eigenvalue weighted by atomic mass is 16.6. The van der Waals surface area contributed by atoms with Gasteiger partial charge in [-0.25, -0.2) is 0 Å². The van der Waals surface area contributed by atoms with Gasteiger partial charge >= 0.3 is 0 Å². The molecule has 1 unspecified atom stereocenters. The lowest BCUT2D eigenvalue weighted by atomic mass is 10.0. The molecule has 0 saturated carbocycles. The van der Waals surface area contributed by atoms with Crippen LogP contribution in [-0.4, -0.2) is 167 Å². The molecular weight excluding hydrogens is 688 g/mol. The third kappa shape index (κ3) is 16.3. The fourth-order valence-electron chi connectivity index (χ4n) is 4.93. The average molecular weight is 739 g/mol. The standard InChI is InChI=1S/C33H50N6O13/c34-38-36-7-9-45-11-13-47-15-17-49-19-21-51-23-25-52-24-22-50-20-18-48-16-14-46-12-10-44-8-6-35-27-3-1-2-26-30(27)33(43)39(32(26)42)28-4-5-29(40)37-31(28)41/h1-3,28,35H,4-25H2,(H,37,40,41). The lowest BCUT2D eigenvalue weighted by molar-refractivity contribution is -0.136. The number of hydrogen-bond donors (Lipinski definition) is 2. The number of ether oxygens (including phenoxy) is 9. The molecule has 19 heteroatoms. The van der Waals surface area contributed by atoms with E-state index in [-0.39, 0.29) is 24.0 Å². The maximum absolute atomic E-state index is 13.1. The van der Waals surface area contributed by atoms with E-state index in [1.165, 1.54) is 0 Å². The zero-order valence-corrected chi connectivity index (χ0v) is 29.5. The number of carbonyl (C=O) groups is 4. The van der Waals surface area contributed by atoms with Crippen molar-refractivity contribution in [3.05, 3.63) is 39.8 Å². The Balaban J connectivity index is 1.04. The Labute approximate surface area is 302 Å². The molecule has 0 aromatic heterocycles. The van der Waals surface area contributed by atoms with Gasteiger partial charge in [-0.05, 0) is 24.1 Å². The molecule has 1 fully saturated rings. The number of azide groups is 1. The summed E-state index contributed by atoms with van der Waals surface area (Å²) in [5.41, 5.74) is 9.05. The SMILES string of the molecule is [N-]=[N+]=NCCOCCOCCOCCOCCOCCOCCOCCOCCOCCNc1cccc2c1C(=O)N(C1CCC(=O)NC1=O)C2=O. The first kappa shape index (κ1) is 42.7. The quantitative estimate of drug-likeness (QED) is 0.0345. The Bertz CT molecular complexity index is 1280. The zero-order chi connectivity index (χ0) is 37.1. The molecule has 290 valence electrons. The first-order valence-electron chi connectivity index (χ1n) is 17.3. The van der Waals surface area contributed by atoms with Crippen LogP contribution in [0.5, 0.6) is 0 Å². The second-order valence-corrected chi connectivity index (χ2v) is 11.1. The summed E-state index contributed by atoms with van der Waals surface area (Å²) in [6.45, 7) is 8.50. The lowest BCUT2D eigenvalue weighted by Crippen LogP contribution is -2.54. The molecule has 2 aliphatic rings. The van der Waals surface area contributed by atoms with E-state index in [1.54, 1.807) is 18.2 Å². The van der Waals surface area contributed by atoms with E-state index in [1.807, 2.05) is 0 Å². The Morgan fingerprint density at radius 3 is 1.60 bits per heavy atom. The fourth-order valence-corrected chi connectivity index (χ4v) is 4.93. The maximum Gasteiger partial charge on any atom is 0.264 e. The maximum atomic E-state index is 13.1. The van der Waals surface area contributed by atoms with Gasteiger partial charge in [0.1, 0.15) is 6.04 Å². The Morgan fingerprint density at radius 2 is 1.13 bits per heavy atom. The summed E-state index contributed by atoms with van der Waals surface area (Å²) < 4.78 is 48.9. The van der Waals surface area contributed by atoms with Gasteiger partial charge in [0.15, 0.2) is 0 Å². The molecule has 2 heterocycles. The van der Waals surface area contributed by atoms with Crippen LogP contribution in [0.1, 0.15) is 33.6 Å². The Hall–Kier alpha value is -3.75. The molecule has 2 aliphatic heterocycles. The molecule has 1 saturated heterocycles. The summed E-state index contributed by atoms with van der Waals surface area (Å²) >= 11 is 0. The Kier molecular flexibility index (Phi) is 22.1. The van der Waals surface area contributed by atoms with E-state index in [9.17, 15) is 19.2 Å². The predicted octanol–water partition coefficient (Wildman–Crippen LogP) is 0.959. The summed E-state index contributed by atoms with van der Waals surface area (Å²) in [7, 11) is 0. The predicted molar refractivity (Wildman–Crippen MR) is 183 cm³/mol. The molecule has 19 nitrogen and oxygen atoms in total. The van der Waals surface area contributed by atoms with Crippen molar-refractivity contribution in [2.75, 3.05) is 137 Å². The van der Waals surface area contributed by atoms with E-state index in [4.69, 9.17) is 48.2 Å². The van der Waals surface area contributed by atoms with Crippen LogP contribution in [0.4, 0.5) is 5.69 Å². The van der Waals surface area contributed by atoms with Gasteiger partial charge in [-0.15, -0.1) is 0 Å². The van der Waals surface area contributed by atoms with E-state index < -0.39 is 29.7 Å². The van der Waals surface area contributed by atoms with Gasteiger partial charge < -0.3 is 47.9 Å². The number of fused-ring (bicyclic) bond motifs is 1. The number of amides is 4. The monoisotopic (exact) mass is 738 g/mol. The minimum atomic E-state index is -1.01. The number of carbonyl (C=O) groups excluding carboxylic acids is 4. The molecule has 0 aliphatic carbocycles. The van der Waals surface area contributed by atoms with Gasteiger partial charge in [-0.2, -0.15) is 0 Å². The van der Waals surface area contributed by atoms with Crippen LogP contribution in [0.25, 0.3) is 10.4 Å². The largest absolute Gasteiger partial charge is 0.382 e. The van der Waals surface area contributed by atoms with Crippen LogP contribution in [-0.2, 0) is 52.2 Å². The smallest absolute Gasteiger partial charge is 0.264 e. The summed E-state index contributed by atoms with van der Waals surface area (Å²) in [6, 6.07) is 3.89. The van der Waals surface area contributed by atoms with Crippen LogP contribution in [0, 0.1) is 0 Å². The summed E-state index contributed by atoms with van der Waals surface area (Å²) in [6.07, 6.45) is 0.165. The van der Waals surface area contributed by atoms with Crippen molar-refractivity contribution in [3.8, 4) is 0 Å². The normalized spacial score (nSPS) is 15.5. The van der Waals surface area contributed by atoms with Crippen molar-refractivity contribution >= 4 is 29.3 Å². The van der Waals surface area contributed by atoms with E-state index in [0.29, 0.717) is 138 Å². The highest BCUT2D eigenvalue weighted by molar-refractivity contribution is 6.25. The van der Waals surface area contributed by atoms with Crippen LogP contribution < -0.4 is 10.6 Å². The molecule has 52 heavy (non-hydrogen) atoms. The van der Waals surface area contributed by atoms with E-state index in [2.05, 4.69) is 20.7 Å². The minimum Gasteiger partial charge on any atom is -0.382 e. The number of rotatable bonds is 32. The number of benzene rings is 1. The fraction of sp³-hybridized carbons (Fsp3) is 0.697. The summed E-state index contributed by atoms with van der Waals surface area (Å²) in [5, 5.41) is 8.69. The van der Waals surface area contributed by atoms with Crippen LogP contribution in [0.2, 0.25) is 0 Å². The zero-order valence-electron chi connectivity index (χ0n) is 29.5. The second-order valence-electron chi connectivity index (χ2n) is 11.1. The molecule has 1 atom stereocenters. The van der Waals surface area contributed by atoms with Gasteiger partial charge in [-0.3, -0.25) is 29.4 Å². The molecule has 0 spiro atoms. The van der Waals surface area contributed by atoms with E-state index in [0.717, 1.165) is 4.90 Å². The van der Waals surface area contributed by atoms with Crippen molar-refractivity contribution in [2.24, 2.45) is 5.11 Å². The highest BCUT2D eigenvalue weighted by Crippen LogP contribution is 2.32. The van der Waals surface area contributed by atoms with Crippen molar-refractivity contribution in [2.45, 2.75) is 18.9 Å². The van der Waals surface area contributed by atoms with Crippen molar-refractivity contribution in [3.63, 3.8) is 0 Å². The number of nitrogens with zero attached hydrogens (tertiary/aromatic N) is 4. The highest BCUT2D eigenvalue weighted by Gasteiger charge is 2.45. The van der Waals surface area contributed by atoms with Crippen molar-refractivity contribution < 1.29 is 61.8 Å². The molecule has 1 aromatic carbocycles. The molecule has 0 radical (unpaired) electrons. The molecule has 4 amide bonds. The molecule has 0 bridgehead atoms. The third-order valence-corrected chi connectivity index (χ3v) is 7.40. The summed E-state index contributed by atoms with van der Waals surface area (Å²) in [4.78, 5) is 53.4. The van der Waals surface area contributed by atoms with E-state index >= 15 is 0 Å². The Morgan fingerprint density at radius 1 is 0.673 bits per heavy atom. The average Bonchev–Trinajstić information content (AvgIpc) is 3.39. The lowest BCUT2D eigenvalue weighted by Gasteiger charge is -2.27. The number of anilines is 1. The molecule has 2 N–H and O–H groups in total. The van der Waals surface area contributed by atoms with Gasteiger partial charge in [-0.1, -0.05) is 11.2 Å². The number of hydrogen-bond acceptors (Lipinski definition) is 15. The number of nitrogens with one attached hydrogen (secondary N) is 2. The first-order chi connectivity index (χ1) is 25.5. The number of imide groups is 2. The van der Waals surface area contributed by atoms with Crippen LogP contribution >= 0.6 is 0 Å². The van der Waals surface area contributed by atoms with Gasteiger partial charge in [0.2, 0.25) is 11.8 Å². The second kappa shape index (κ2) is 26.9. The molecule has 3 rings (SSSR count). The molecular formula is C33H50N6O13. The summed E-state index contributed by atoms with van der Waals surface area (Å²) in [5.74, 6) is -2.18. The minimum absolute atomic E-state index is 0.0638. The van der Waals surface area contributed by atoms with Gasteiger partial charge in [0.25, 0.3) is 11.8 Å².